The van der Waals surface area contributed by atoms with E-state index in [1.54, 1.807) is 0 Å². The number of alkyl carbamates (subject to hydrolysis) is 1. The second kappa shape index (κ2) is 15.9. The summed E-state index contributed by atoms with van der Waals surface area (Å²) in [5.74, 6) is -1.13. The van der Waals surface area contributed by atoms with Crippen LogP contribution in [0.1, 0.15) is 45.7 Å². The summed E-state index contributed by atoms with van der Waals surface area (Å²) in [4.78, 5) is 25.5. The van der Waals surface area contributed by atoms with Crippen LogP contribution in [0.25, 0.3) is 0 Å². The van der Waals surface area contributed by atoms with Crippen LogP contribution in [-0.2, 0) is 36.6 Å². The number of carbonyl (C=O) groups excluding carboxylic acids is 2. The summed E-state index contributed by atoms with van der Waals surface area (Å²) >= 11 is 0. The highest BCUT2D eigenvalue weighted by Crippen LogP contribution is 2.37. The standard InChI is InChI=1S/C31H47NO7Si/c1-23(28(33)24(2)19-39-40(6,7)31(3,4)5)18-37-29(34)27(22-36-20-25-14-10-8-11-15-25)32-30(35)38-21-26-16-12-9-13-17-26/h8-17,23-24,27-28,33H,18-22H2,1-7H3,(H,32,35)/t23-,24-,27-,28+/m0/s1. The van der Waals surface area contributed by atoms with Gasteiger partial charge in [-0.05, 0) is 29.3 Å². The smallest absolute Gasteiger partial charge is 0.408 e. The minimum atomic E-state index is -1.94. The van der Waals surface area contributed by atoms with Crippen molar-refractivity contribution in [3.05, 3.63) is 71.8 Å². The zero-order chi connectivity index (χ0) is 29.8. The van der Waals surface area contributed by atoms with Crippen molar-refractivity contribution < 1.29 is 33.3 Å². The molecular weight excluding hydrogens is 526 g/mol. The lowest BCUT2D eigenvalue weighted by Gasteiger charge is -2.37. The summed E-state index contributed by atoms with van der Waals surface area (Å²) in [6, 6.07) is 17.7. The highest BCUT2D eigenvalue weighted by Gasteiger charge is 2.38. The maximum Gasteiger partial charge on any atom is 0.408 e. The van der Waals surface area contributed by atoms with Gasteiger partial charge in [0.15, 0.2) is 14.4 Å². The molecule has 0 heterocycles. The van der Waals surface area contributed by atoms with Gasteiger partial charge in [0.1, 0.15) is 6.61 Å². The summed E-state index contributed by atoms with van der Waals surface area (Å²) < 4.78 is 22.8. The van der Waals surface area contributed by atoms with Crippen LogP contribution in [0.15, 0.2) is 60.7 Å². The van der Waals surface area contributed by atoms with Crippen molar-refractivity contribution in [2.45, 2.75) is 78.1 Å². The minimum Gasteiger partial charge on any atom is -0.464 e. The number of aliphatic hydroxyl groups excluding tert-OH is 1. The average molecular weight is 574 g/mol. The Morgan fingerprint density at radius 3 is 1.90 bits per heavy atom. The fourth-order valence-corrected chi connectivity index (χ4v) is 4.69. The Balaban J connectivity index is 1.91. The van der Waals surface area contributed by atoms with Gasteiger partial charge in [-0.1, -0.05) is 95.3 Å². The molecule has 2 aromatic rings. The SMILES string of the molecule is C[C@@H](COC(=O)[C@H](COCc1ccccc1)NC(=O)OCc1ccccc1)[C@@H](O)[C@@H](C)CO[Si](C)(C)C(C)(C)C. The van der Waals surface area contributed by atoms with Crippen molar-refractivity contribution >= 4 is 20.4 Å². The molecule has 8 nitrogen and oxygen atoms in total. The molecule has 0 aliphatic carbocycles. The molecule has 0 aromatic heterocycles. The third-order valence-corrected chi connectivity index (χ3v) is 11.9. The molecule has 0 radical (unpaired) electrons. The van der Waals surface area contributed by atoms with Crippen molar-refractivity contribution in [3.8, 4) is 0 Å². The fraction of sp³-hybridized carbons (Fsp3) is 0.548. The first-order chi connectivity index (χ1) is 18.8. The zero-order valence-corrected chi connectivity index (χ0v) is 26.0. The lowest BCUT2D eigenvalue weighted by Crippen LogP contribution is -2.46. The van der Waals surface area contributed by atoms with Gasteiger partial charge in [0.2, 0.25) is 0 Å². The van der Waals surface area contributed by atoms with E-state index in [1.807, 2.05) is 74.5 Å². The Hall–Kier alpha value is -2.72. The fourth-order valence-electron chi connectivity index (χ4n) is 3.57. The van der Waals surface area contributed by atoms with Gasteiger partial charge in [-0.3, -0.25) is 0 Å². The lowest BCUT2D eigenvalue weighted by atomic mass is 9.95. The number of amides is 1. The first-order valence-electron chi connectivity index (χ1n) is 13.9. The second-order valence-electron chi connectivity index (χ2n) is 11.9. The Morgan fingerprint density at radius 2 is 1.35 bits per heavy atom. The second-order valence-corrected chi connectivity index (χ2v) is 16.7. The van der Waals surface area contributed by atoms with E-state index in [0.717, 1.165) is 11.1 Å². The minimum absolute atomic E-state index is 0.0135. The molecule has 2 aromatic carbocycles. The highest BCUT2D eigenvalue weighted by molar-refractivity contribution is 6.74. The molecule has 0 unspecified atom stereocenters. The highest BCUT2D eigenvalue weighted by atomic mass is 28.4. The van der Waals surface area contributed by atoms with Crippen LogP contribution in [0.5, 0.6) is 0 Å². The number of ether oxygens (including phenoxy) is 3. The summed E-state index contributed by atoms with van der Waals surface area (Å²) in [6.07, 6.45) is -1.48. The molecule has 2 N–H and O–H groups in total. The van der Waals surface area contributed by atoms with Gasteiger partial charge in [-0.15, -0.1) is 0 Å². The first-order valence-corrected chi connectivity index (χ1v) is 16.8. The van der Waals surface area contributed by atoms with Crippen molar-refractivity contribution in [1.82, 2.24) is 5.32 Å². The average Bonchev–Trinajstić information content (AvgIpc) is 2.92. The van der Waals surface area contributed by atoms with Crippen LogP contribution >= 0.6 is 0 Å². The van der Waals surface area contributed by atoms with E-state index in [1.165, 1.54) is 0 Å². The van der Waals surface area contributed by atoms with E-state index in [9.17, 15) is 14.7 Å². The van der Waals surface area contributed by atoms with Gasteiger partial charge in [-0.25, -0.2) is 9.59 Å². The van der Waals surface area contributed by atoms with Gasteiger partial charge in [0, 0.05) is 18.4 Å². The molecule has 0 saturated heterocycles. The number of esters is 1. The predicted molar refractivity (Wildman–Crippen MR) is 158 cm³/mol. The Kier molecular flexibility index (Phi) is 13.3. The summed E-state index contributed by atoms with van der Waals surface area (Å²) in [5.41, 5.74) is 1.76. The van der Waals surface area contributed by atoms with Crippen molar-refractivity contribution in [2.75, 3.05) is 19.8 Å². The molecule has 222 valence electrons. The largest absolute Gasteiger partial charge is 0.464 e. The normalized spacial score (nSPS) is 15.0. The molecule has 40 heavy (non-hydrogen) atoms. The summed E-state index contributed by atoms with van der Waals surface area (Å²) in [7, 11) is -1.94. The van der Waals surface area contributed by atoms with Gasteiger partial charge in [0.25, 0.3) is 0 Å². The maximum atomic E-state index is 13.0. The van der Waals surface area contributed by atoms with Crippen LogP contribution < -0.4 is 5.32 Å². The van der Waals surface area contributed by atoms with Gasteiger partial charge >= 0.3 is 12.1 Å². The van der Waals surface area contributed by atoms with Gasteiger partial charge in [-0.2, -0.15) is 0 Å². The molecule has 0 saturated carbocycles. The molecular formula is C31H47NO7Si. The molecule has 2 rings (SSSR count). The van der Waals surface area contributed by atoms with E-state index in [0.29, 0.717) is 6.61 Å². The molecule has 0 aliphatic heterocycles. The van der Waals surface area contributed by atoms with Crippen LogP contribution in [-0.4, -0.2) is 57.5 Å². The maximum absolute atomic E-state index is 13.0. The van der Waals surface area contributed by atoms with Crippen LogP contribution in [0, 0.1) is 11.8 Å². The van der Waals surface area contributed by atoms with Crippen LogP contribution in [0.4, 0.5) is 4.79 Å². The summed E-state index contributed by atoms with van der Waals surface area (Å²) in [5, 5.41) is 13.5. The number of carbonyl (C=O) groups is 2. The van der Waals surface area contributed by atoms with Crippen molar-refractivity contribution in [3.63, 3.8) is 0 Å². The van der Waals surface area contributed by atoms with E-state index < -0.39 is 32.5 Å². The molecule has 9 heteroatoms. The molecule has 0 aliphatic rings. The van der Waals surface area contributed by atoms with E-state index in [4.69, 9.17) is 18.6 Å². The van der Waals surface area contributed by atoms with E-state index in [-0.39, 0.29) is 43.3 Å². The first kappa shape index (κ1) is 33.5. The van der Waals surface area contributed by atoms with Crippen LogP contribution in [0.2, 0.25) is 18.1 Å². The predicted octanol–water partition coefficient (Wildman–Crippen LogP) is 5.70. The Bertz CT molecular complexity index is 1030. The lowest BCUT2D eigenvalue weighted by molar-refractivity contribution is -0.150. The molecule has 0 spiro atoms. The van der Waals surface area contributed by atoms with Gasteiger partial charge < -0.3 is 29.1 Å². The van der Waals surface area contributed by atoms with E-state index in [2.05, 4.69) is 39.2 Å². The quantitative estimate of drug-likeness (QED) is 0.208. The third kappa shape index (κ3) is 11.4. The zero-order valence-electron chi connectivity index (χ0n) is 25.0. The van der Waals surface area contributed by atoms with Gasteiger partial charge in [0.05, 0.1) is 25.9 Å². The molecule has 4 atom stereocenters. The van der Waals surface area contributed by atoms with E-state index >= 15 is 0 Å². The number of rotatable bonds is 15. The monoisotopic (exact) mass is 573 g/mol. The number of aliphatic hydroxyl groups is 1. The molecule has 0 fully saturated rings. The van der Waals surface area contributed by atoms with Crippen molar-refractivity contribution in [1.29, 1.82) is 0 Å². The summed E-state index contributed by atoms with van der Waals surface area (Å²) in [6.45, 7) is 15.3. The third-order valence-electron chi connectivity index (χ3n) is 7.35. The number of nitrogens with one attached hydrogen (secondary N) is 1. The topological polar surface area (TPSA) is 103 Å². The van der Waals surface area contributed by atoms with Crippen LogP contribution in [0.3, 0.4) is 0 Å². The Labute approximate surface area is 240 Å². The number of hydrogen-bond donors (Lipinski definition) is 2. The molecule has 1 amide bonds. The molecule has 0 bridgehead atoms. The number of hydrogen-bond acceptors (Lipinski definition) is 7. The Morgan fingerprint density at radius 1 is 0.825 bits per heavy atom. The number of benzene rings is 2. The van der Waals surface area contributed by atoms with Crippen molar-refractivity contribution in [2.24, 2.45) is 11.8 Å².